The van der Waals surface area contributed by atoms with Crippen LogP contribution in [-0.2, 0) is 4.74 Å². The largest absolute Gasteiger partial charge is 0.394 e. The Hall–Kier alpha value is -0.420. The van der Waals surface area contributed by atoms with Gasteiger partial charge in [-0.25, -0.2) is 0 Å². The van der Waals surface area contributed by atoms with Crippen LogP contribution in [0.1, 0.15) is 20.3 Å². The van der Waals surface area contributed by atoms with E-state index >= 15 is 0 Å². The van der Waals surface area contributed by atoms with Crippen molar-refractivity contribution in [3.8, 4) is 0 Å². The van der Waals surface area contributed by atoms with Crippen molar-refractivity contribution in [1.29, 1.82) is 0 Å². The van der Waals surface area contributed by atoms with Crippen molar-refractivity contribution in [3.05, 3.63) is 12.2 Å². The lowest BCUT2D eigenvalue weighted by atomic mass is 9.88. The van der Waals surface area contributed by atoms with Crippen molar-refractivity contribution in [2.75, 3.05) is 6.61 Å². The molecule has 1 rings (SSSR count). The molecule has 0 spiro atoms. The number of hydrogen-bond donors (Lipinski definition) is 3. The Morgan fingerprint density at radius 1 is 1.53 bits per heavy atom. The van der Waals surface area contributed by atoms with Gasteiger partial charge in [0, 0.05) is 12.3 Å². The third-order valence-corrected chi connectivity index (χ3v) is 2.93. The summed E-state index contributed by atoms with van der Waals surface area (Å²) in [5.41, 5.74) is 0. The summed E-state index contributed by atoms with van der Waals surface area (Å²) >= 11 is 0. The van der Waals surface area contributed by atoms with E-state index in [1.54, 1.807) is 0 Å². The predicted molar refractivity (Wildman–Crippen MR) is 56.4 cm³/mol. The Labute approximate surface area is 90.2 Å². The monoisotopic (exact) mass is 216 g/mol. The molecule has 15 heavy (non-hydrogen) atoms. The average molecular weight is 216 g/mol. The second kappa shape index (κ2) is 5.61. The van der Waals surface area contributed by atoms with Crippen LogP contribution in [0, 0.1) is 5.92 Å². The first kappa shape index (κ1) is 12.6. The molecule has 0 saturated carbocycles. The summed E-state index contributed by atoms with van der Waals surface area (Å²) in [6, 6.07) is 0. The summed E-state index contributed by atoms with van der Waals surface area (Å²) in [6.45, 7) is 3.46. The maximum absolute atomic E-state index is 9.78. The lowest BCUT2D eigenvalue weighted by Crippen LogP contribution is -2.47. The standard InChI is InChI=1S/C11H20O4/c1-3-4-10-7(2)8(13)5-11(15-10)9(14)6-12/h3-4,7-14H,5-6H2,1-2H3/t7-,8+,9+,10-,11-/m1/s1. The molecule has 3 N–H and O–H groups in total. The minimum absolute atomic E-state index is 0.0170. The van der Waals surface area contributed by atoms with Gasteiger partial charge in [0.2, 0.25) is 0 Å². The van der Waals surface area contributed by atoms with Gasteiger partial charge in [0.15, 0.2) is 0 Å². The Kier molecular flexibility index (Phi) is 4.73. The number of allylic oxidation sites excluding steroid dienone is 1. The minimum atomic E-state index is -0.917. The molecule has 1 fully saturated rings. The molecule has 1 aliphatic rings. The molecule has 4 nitrogen and oxygen atoms in total. The SMILES string of the molecule is CC=C[C@H]1O[C@@H]([C@@H](O)CO)C[C@H](O)[C@H]1C. The topological polar surface area (TPSA) is 69.9 Å². The van der Waals surface area contributed by atoms with E-state index in [9.17, 15) is 10.2 Å². The Morgan fingerprint density at radius 2 is 2.20 bits per heavy atom. The molecule has 0 aromatic carbocycles. The van der Waals surface area contributed by atoms with Crippen molar-refractivity contribution >= 4 is 0 Å². The molecule has 0 amide bonds. The van der Waals surface area contributed by atoms with Crippen LogP contribution in [0.25, 0.3) is 0 Å². The van der Waals surface area contributed by atoms with Crippen LogP contribution in [0.3, 0.4) is 0 Å². The quantitative estimate of drug-likeness (QED) is 0.584. The second-order valence-electron chi connectivity index (χ2n) is 4.08. The van der Waals surface area contributed by atoms with Crippen LogP contribution in [0.2, 0.25) is 0 Å². The van der Waals surface area contributed by atoms with Crippen LogP contribution < -0.4 is 0 Å². The highest BCUT2D eigenvalue weighted by Gasteiger charge is 2.36. The molecular weight excluding hydrogens is 196 g/mol. The van der Waals surface area contributed by atoms with Crippen LogP contribution in [0.5, 0.6) is 0 Å². The van der Waals surface area contributed by atoms with Crippen molar-refractivity contribution in [1.82, 2.24) is 0 Å². The first-order valence-electron chi connectivity index (χ1n) is 5.35. The summed E-state index contributed by atoms with van der Waals surface area (Å²) < 4.78 is 5.61. The van der Waals surface area contributed by atoms with Gasteiger partial charge in [-0.3, -0.25) is 0 Å². The Bertz CT molecular complexity index is 217. The number of aliphatic hydroxyl groups excluding tert-OH is 3. The van der Waals surface area contributed by atoms with Crippen LogP contribution in [-0.4, -0.2) is 46.3 Å². The van der Waals surface area contributed by atoms with Gasteiger partial charge < -0.3 is 20.1 Å². The molecule has 1 saturated heterocycles. The Balaban J connectivity index is 2.66. The number of aliphatic hydroxyl groups is 3. The molecule has 88 valence electrons. The maximum Gasteiger partial charge on any atom is 0.103 e. The van der Waals surface area contributed by atoms with Gasteiger partial charge in [-0.15, -0.1) is 0 Å². The second-order valence-corrected chi connectivity index (χ2v) is 4.08. The zero-order valence-electron chi connectivity index (χ0n) is 9.21. The van der Waals surface area contributed by atoms with E-state index in [1.807, 2.05) is 26.0 Å². The molecule has 5 atom stereocenters. The number of hydrogen-bond acceptors (Lipinski definition) is 4. The summed E-state index contributed by atoms with van der Waals surface area (Å²) in [5.74, 6) is 0.0170. The van der Waals surface area contributed by atoms with Crippen LogP contribution in [0.4, 0.5) is 0 Å². The summed E-state index contributed by atoms with van der Waals surface area (Å²) in [4.78, 5) is 0. The molecular formula is C11H20O4. The van der Waals surface area contributed by atoms with E-state index in [2.05, 4.69) is 0 Å². The maximum atomic E-state index is 9.78. The molecule has 1 heterocycles. The number of ether oxygens (including phenoxy) is 1. The van der Waals surface area contributed by atoms with E-state index in [4.69, 9.17) is 9.84 Å². The summed E-state index contributed by atoms with van der Waals surface area (Å²) in [6.07, 6.45) is 2.02. The van der Waals surface area contributed by atoms with Gasteiger partial charge in [0.1, 0.15) is 6.10 Å². The van der Waals surface area contributed by atoms with E-state index in [0.717, 1.165) is 0 Å². The lowest BCUT2D eigenvalue weighted by molar-refractivity contribution is -0.155. The highest BCUT2D eigenvalue weighted by molar-refractivity contribution is 4.97. The molecule has 1 aliphatic heterocycles. The molecule has 4 heteroatoms. The van der Waals surface area contributed by atoms with E-state index < -0.39 is 18.3 Å². The lowest BCUT2D eigenvalue weighted by Gasteiger charge is -2.38. The van der Waals surface area contributed by atoms with E-state index in [1.165, 1.54) is 0 Å². The smallest absolute Gasteiger partial charge is 0.103 e. The molecule has 0 aromatic heterocycles. The average Bonchev–Trinajstić information content (AvgIpc) is 2.23. The van der Waals surface area contributed by atoms with E-state index in [-0.39, 0.29) is 18.6 Å². The molecule has 0 radical (unpaired) electrons. The highest BCUT2D eigenvalue weighted by atomic mass is 16.5. The first-order valence-corrected chi connectivity index (χ1v) is 5.35. The van der Waals surface area contributed by atoms with Gasteiger partial charge >= 0.3 is 0 Å². The molecule has 0 aromatic rings. The van der Waals surface area contributed by atoms with Crippen molar-refractivity contribution < 1.29 is 20.1 Å². The third-order valence-electron chi connectivity index (χ3n) is 2.93. The van der Waals surface area contributed by atoms with Crippen molar-refractivity contribution in [2.24, 2.45) is 5.92 Å². The van der Waals surface area contributed by atoms with Crippen molar-refractivity contribution in [2.45, 2.75) is 44.7 Å². The molecule has 0 aliphatic carbocycles. The molecule has 0 bridgehead atoms. The molecule has 0 unspecified atom stereocenters. The summed E-state index contributed by atoms with van der Waals surface area (Å²) in [7, 11) is 0. The van der Waals surface area contributed by atoms with Crippen molar-refractivity contribution in [3.63, 3.8) is 0 Å². The zero-order chi connectivity index (χ0) is 11.4. The predicted octanol–water partition coefficient (Wildman–Crippen LogP) is 0.0702. The zero-order valence-corrected chi connectivity index (χ0v) is 9.21. The van der Waals surface area contributed by atoms with Gasteiger partial charge in [0.05, 0.1) is 24.9 Å². The van der Waals surface area contributed by atoms with Crippen LogP contribution >= 0.6 is 0 Å². The van der Waals surface area contributed by atoms with Crippen LogP contribution in [0.15, 0.2) is 12.2 Å². The first-order chi connectivity index (χ1) is 7.10. The highest BCUT2D eigenvalue weighted by Crippen LogP contribution is 2.27. The number of rotatable bonds is 3. The van der Waals surface area contributed by atoms with Gasteiger partial charge in [0.25, 0.3) is 0 Å². The fourth-order valence-electron chi connectivity index (χ4n) is 1.83. The Morgan fingerprint density at radius 3 is 2.73 bits per heavy atom. The van der Waals surface area contributed by atoms with Gasteiger partial charge in [-0.2, -0.15) is 0 Å². The third kappa shape index (κ3) is 3.01. The minimum Gasteiger partial charge on any atom is -0.394 e. The van der Waals surface area contributed by atoms with Gasteiger partial charge in [-0.05, 0) is 6.92 Å². The van der Waals surface area contributed by atoms with E-state index in [0.29, 0.717) is 6.42 Å². The fraction of sp³-hybridized carbons (Fsp3) is 0.818. The summed E-state index contributed by atoms with van der Waals surface area (Å²) in [5, 5.41) is 28.1. The normalized spacial score (nSPS) is 39.5. The fourth-order valence-corrected chi connectivity index (χ4v) is 1.83. The van der Waals surface area contributed by atoms with Gasteiger partial charge in [-0.1, -0.05) is 19.1 Å².